The van der Waals surface area contributed by atoms with Gasteiger partial charge in [0.2, 0.25) is 0 Å². The van der Waals surface area contributed by atoms with E-state index in [0.717, 1.165) is 34.0 Å². The largest absolute Gasteiger partial charge is 0.309 e. The molecule has 0 saturated heterocycles. The Morgan fingerprint density at radius 1 is 1.27 bits per heavy atom. The Balaban J connectivity index is 1.38. The van der Waals surface area contributed by atoms with Gasteiger partial charge in [-0.1, -0.05) is 43.9 Å². The number of thioether (sulfide) groups is 1. The fourth-order valence-electron chi connectivity index (χ4n) is 3.60. The zero-order valence-corrected chi connectivity index (χ0v) is 16.6. The molecule has 1 aliphatic rings. The number of hydrogen-bond donors (Lipinski definition) is 0. The van der Waals surface area contributed by atoms with Crippen LogP contribution in [0.1, 0.15) is 50.0 Å². The molecule has 1 aliphatic carbocycles. The number of thiazole rings is 1. The molecule has 0 N–H and O–H groups in total. The summed E-state index contributed by atoms with van der Waals surface area (Å²) < 4.78 is 3.66. The SMILES string of the molecule is Cn1c(CCC2CCCCC2)nnc1SCc1cc(=O)n2ccsc2n1. The second-order valence-corrected chi connectivity index (χ2v) is 8.75. The molecule has 8 heteroatoms. The third-order valence-electron chi connectivity index (χ3n) is 5.13. The maximum atomic E-state index is 12.1. The summed E-state index contributed by atoms with van der Waals surface area (Å²) in [5.74, 6) is 2.53. The summed E-state index contributed by atoms with van der Waals surface area (Å²) >= 11 is 3.06. The van der Waals surface area contributed by atoms with Gasteiger partial charge in [-0.25, -0.2) is 4.98 Å². The number of aryl methyl sites for hydroxylation is 1. The van der Waals surface area contributed by atoms with E-state index in [0.29, 0.717) is 5.75 Å². The lowest BCUT2D eigenvalue weighted by molar-refractivity contribution is 0.336. The van der Waals surface area contributed by atoms with E-state index in [1.165, 1.54) is 49.9 Å². The van der Waals surface area contributed by atoms with E-state index in [-0.39, 0.29) is 5.56 Å². The summed E-state index contributed by atoms with van der Waals surface area (Å²) in [5.41, 5.74) is 0.757. The van der Waals surface area contributed by atoms with Gasteiger partial charge in [-0.2, -0.15) is 0 Å². The van der Waals surface area contributed by atoms with Gasteiger partial charge in [0.1, 0.15) is 5.82 Å². The summed E-state index contributed by atoms with van der Waals surface area (Å²) in [6.45, 7) is 0. The van der Waals surface area contributed by atoms with Crippen LogP contribution in [0.4, 0.5) is 0 Å². The molecule has 0 spiro atoms. The first kappa shape index (κ1) is 17.7. The summed E-state index contributed by atoms with van der Waals surface area (Å²) in [5, 5.41) is 11.5. The molecule has 138 valence electrons. The molecule has 4 rings (SSSR count). The van der Waals surface area contributed by atoms with Crippen molar-refractivity contribution in [1.29, 1.82) is 0 Å². The van der Waals surface area contributed by atoms with E-state index >= 15 is 0 Å². The Labute approximate surface area is 160 Å². The second kappa shape index (κ2) is 7.92. The highest BCUT2D eigenvalue weighted by Crippen LogP contribution is 2.28. The molecule has 0 aromatic carbocycles. The third-order valence-corrected chi connectivity index (χ3v) is 6.94. The monoisotopic (exact) mass is 389 g/mol. The lowest BCUT2D eigenvalue weighted by Gasteiger charge is -2.20. The zero-order chi connectivity index (χ0) is 17.9. The highest BCUT2D eigenvalue weighted by Gasteiger charge is 2.16. The van der Waals surface area contributed by atoms with Crippen LogP contribution in [-0.2, 0) is 19.2 Å². The normalized spacial score (nSPS) is 15.7. The van der Waals surface area contributed by atoms with Gasteiger partial charge >= 0.3 is 0 Å². The lowest BCUT2D eigenvalue weighted by atomic mass is 9.86. The van der Waals surface area contributed by atoms with Crippen LogP contribution in [0.25, 0.3) is 4.96 Å². The molecule has 0 unspecified atom stereocenters. The minimum atomic E-state index is -0.0296. The van der Waals surface area contributed by atoms with Crippen LogP contribution in [0.3, 0.4) is 0 Å². The number of rotatable bonds is 6. The minimum Gasteiger partial charge on any atom is -0.309 e. The van der Waals surface area contributed by atoms with Crippen molar-refractivity contribution in [3.05, 3.63) is 39.5 Å². The van der Waals surface area contributed by atoms with Gasteiger partial charge in [-0.05, 0) is 12.3 Å². The summed E-state index contributed by atoms with van der Waals surface area (Å²) in [6.07, 6.45) is 10.9. The highest BCUT2D eigenvalue weighted by atomic mass is 32.2. The third kappa shape index (κ3) is 3.86. The Morgan fingerprint density at radius 2 is 2.12 bits per heavy atom. The molecule has 3 aromatic rings. The van der Waals surface area contributed by atoms with E-state index in [1.807, 2.05) is 12.4 Å². The molecule has 0 amide bonds. The van der Waals surface area contributed by atoms with Crippen molar-refractivity contribution < 1.29 is 0 Å². The number of fused-ring (bicyclic) bond motifs is 1. The number of nitrogens with zero attached hydrogens (tertiary/aromatic N) is 5. The smallest absolute Gasteiger partial charge is 0.258 e. The Morgan fingerprint density at radius 3 is 2.96 bits per heavy atom. The molecule has 0 radical (unpaired) electrons. The second-order valence-electron chi connectivity index (χ2n) is 6.93. The first-order chi connectivity index (χ1) is 12.7. The van der Waals surface area contributed by atoms with Crippen molar-refractivity contribution in [2.24, 2.45) is 13.0 Å². The van der Waals surface area contributed by atoms with Crippen LogP contribution in [-0.4, -0.2) is 24.1 Å². The molecule has 0 atom stereocenters. The summed E-state index contributed by atoms with van der Waals surface area (Å²) in [6, 6.07) is 1.60. The molecule has 3 aromatic heterocycles. The van der Waals surface area contributed by atoms with Crippen molar-refractivity contribution >= 4 is 28.1 Å². The lowest BCUT2D eigenvalue weighted by Crippen LogP contribution is -2.12. The molecule has 3 heterocycles. The van der Waals surface area contributed by atoms with E-state index in [9.17, 15) is 4.79 Å². The van der Waals surface area contributed by atoms with E-state index < -0.39 is 0 Å². The van der Waals surface area contributed by atoms with E-state index in [1.54, 1.807) is 28.4 Å². The fraction of sp³-hybridized carbons (Fsp3) is 0.556. The van der Waals surface area contributed by atoms with Crippen molar-refractivity contribution in [3.63, 3.8) is 0 Å². The van der Waals surface area contributed by atoms with Crippen LogP contribution in [0.15, 0.2) is 27.6 Å². The van der Waals surface area contributed by atoms with Crippen molar-refractivity contribution in [3.8, 4) is 0 Å². The summed E-state index contributed by atoms with van der Waals surface area (Å²) in [7, 11) is 2.03. The molecular formula is C18H23N5OS2. The number of aromatic nitrogens is 5. The molecule has 0 bridgehead atoms. The zero-order valence-electron chi connectivity index (χ0n) is 14.9. The summed E-state index contributed by atoms with van der Waals surface area (Å²) in [4.78, 5) is 17.3. The first-order valence-corrected chi connectivity index (χ1v) is 11.0. The van der Waals surface area contributed by atoms with Gasteiger partial charge in [0.25, 0.3) is 5.56 Å². The average molecular weight is 390 g/mol. The quantitative estimate of drug-likeness (QED) is 0.602. The molecule has 1 saturated carbocycles. The standard InChI is InChI=1S/C18H23N5OS2/c1-22-15(8-7-13-5-3-2-4-6-13)20-21-18(22)26-12-14-11-16(24)23-9-10-25-17(23)19-14/h9-11,13H,2-8,12H2,1H3. The van der Waals surface area contributed by atoms with E-state index in [4.69, 9.17) is 0 Å². The van der Waals surface area contributed by atoms with Crippen LogP contribution in [0.5, 0.6) is 0 Å². The highest BCUT2D eigenvalue weighted by molar-refractivity contribution is 7.98. The molecule has 0 aliphatic heterocycles. The fourth-order valence-corrected chi connectivity index (χ4v) is 5.16. The predicted molar refractivity (Wildman–Crippen MR) is 105 cm³/mol. The van der Waals surface area contributed by atoms with Crippen molar-refractivity contribution in [1.82, 2.24) is 24.1 Å². The van der Waals surface area contributed by atoms with Crippen molar-refractivity contribution in [2.75, 3.05) is 0 Å². The Hall–Kier alpha value is -1.67. The van der Waals surface area contributed by atoms with Crippen LogP contribution in [0.2, 0.25) is 0 Å². The van der Waals surface area contributed by atoms with Crippen LogP contribution < -0.4 is 5.56 Å². The van der Waals surface area contributed by atoms with Gasteiger partial charge in [-0.15, -0.1) is 21.5 Å². The van der Waals surface area contributed by atoms with Crippen molar-refractivity contribution in [2.45, 2.75) is 55.9 Å². The maximum Gasteiger partial charge on any atom is 0.258 e. The predicted octanol–water partition coefficient (Wildman–Crippen LogP) is 3.69. The topological polar surface area (TPSA) is 65.1 Å². The van der Waals surface area contributed by atoms with Gasteiger partial charge in [0.15, 0.2) is 10.1 Å². The molecule has 6 nitrogen and oxygen atoms in total. The molecular weight excluding hydrogens is 366 g/mol. The van der Waals surface area contributed by atoms with Crippen LogP contribution in [0, 0.1) is 5.92 Å². The average Bonchev–Trinajstić information content (AvgIpc) is 3.26. The van der Waals surface area contributed by atoms with Gasteiger partial charge < -0.3 is 4.57 Å². The molecule has 26 heavy (non-hydrogen) atoms. The molecule has 1 fully saturated rings. The first-order valence-electron chi connectivity index (χ1n) is 9.17. The number of hydrogen-bond acceptors (Lipinski definition) is 6. The van der Waals surface area contributed by atoms with Gasteiger partial charge in [0.05, 0.1) is 5.69 Å². The van der Waals surface area contributed by atoms with E-state index in [2.05, 4.69) is 19.7 Å². The Bertz CT molecular complexity index is 939. The van der Waals surface area contributed by atoms with Gasteiger partial charge in [0, 0.05) is 36.9 Å². The maximum absolute atomic E-state index is 12.1. The van der Waals surface area contributed by atoms with Crippen LogP contribution >= 0.6 is 23.1 Å². The minimum absolute atomic E-state index is 0.0296. The van der Waals surface area contributed by atoms with Gasteiger partial charge in [-0.3, -0.25) is 9.20 Å². The Kier molecular flexibility index (Phi) is 5.40.